The van der Waals surface area contributed by atoms with Crippen LogP contribution in [0.1, 0.15) is 22.1 Å². The highest BCUT2D eigenvalue weighted by Crippen LogP contribution is 1.93. The first-order valence-corrected chi connectivity index (χ1v) is 2.56. The quantitative estimate of drug-likeness (QED) is 0.588. The van der Waals surface area contributed by atoms with Crippen molar-refractivity contribution in [2.24, 2.45) is 0 Å². The fraction of sp³-hybridized carbons (Fsp3) is 0.600. The van der Waals surface area contributed by atoms with Crippen LogP contribution in [0.5, 0.6) is 0 Å². The summed E-state index contributed by atoms with van der Waals surface area (Å²) in [6.45, 7) is 0. The van der Waals surface area contributed by atoms with E-state index in [9.17, 15) is 9.59 Å². The van der Waals surface area contributed by atoms with Crippen molar-refractivity contribution < 1.29 is 22.7 Å². The van der Waals surface area contributed by atoms with Gasteiger partial charge in [0.25, 0.3) is 0 Å². The molecule has 0 heterocycles. The Morgan fingerprint density at radius 1 is 1.11 bits per heavy atom. The molecule has 0 rings (SSSR count). The molecule has 0 atom stereocenters. The number of aliphatic carboxylic acids is 2. The van der Waals surface area contributed by atoms with Crippen LogP contribution in [0.4, 0.5) is 0 Å². The lowest BCUT2D eigenvalue weighted by molar-refractivity contribution is -0.138. The third-order valence-corrected chi connectivity index (χ3v) is 0.781. The number of rotatable bonds is 4. The molecule has 0 bridgehead atoms. The summed E-state index contributed by atoms with van der Waals surface area (Å²) in [5, 5.41) is 16.1. The van der Waals surface area contributed by atoms with Gasteiger partial charge in [-0.1, -0.05) is 0 Å². The lowest BCUT2D eigenvalue weighted by atomic mass is 10.2. The molecule has 0 fully saturated rings. The summed E-state index contributed by atoms with van der Waals surface area (Å²) in [6, 6.07) is 0. The van der Waals surface area contributed by atoms with E-state index in [1.807, 2.05) is 0 Å². The minimum atomic E-state index is -0.948. The van der Waals surface area contributed by atoms with Gasteiger partial charge in [-0.3, -0.25) is 9.59 Å². The van der Waals surface area contributed by atoms with Crippen LogP contribution in [0.2, 0.25) is 0 Å². The summed E-state index contributed by atoms with van der Waals surface area (Å²) < 4.78 is 0. The molecule has 0 radical (unpaired) electrons. The van der Waals surface area contributed by atoms with Crippen LogP contribution in [0.3, 0.4) is 0 Å². The van der Waals surface area contributed by atoms with Crippen LogP contribution in [0.15, 0.2) is 0 Å². The number of carboxylic acids is 2. The van der Waals surface area contributed by atoms with E-state index in [-0.39, 0.29) is 22.1 Å². The molecule has 4 nitrogen and oxygen atoms in total. The topological polar surface area (TPSA) is 74.6 Å². The van der Waals surface area contributed by atoms with Crippen LogP contribution < -0.4 is 0 Å². The monoisotopic (exact) mass is 134 g/mol. The molecule has 0 aliphatic heterocycles. The van der Waals surface area contributed by atoms with E-state index in [1.54, 1.807) is 0 Å². The molecule has 0 aliphatic rings. The second-order valence-corrected chi connectivity index (χ2v) is 1.64. The predicted molar refractivity (Wildman–Crippen MR) is 31.3 cm³/mol. The van der Waals surface area contributed by atoms with Gasteiger partial charge in [0, 0.05) is 12.8 Å². The Balaban J connectivity index is -0.000000320. The van der Waals surface area contributed by atoms with Crippen molar-refractivity contribution in [2.45, 2.75) is 19.3 Å². The van der Waals surface area contributed by atoms with E-state index in [1.165, 1.54) is 0 Å². The first kappa shape index (κ1) is 7.94. The predicted octanol–water partition coefficient (Wildman–Crippen LogP) is 0.551. The molecule has 0 saturated heterocycles. The van der Waals surface area contributed by atoms with Gasteiger partial charge in [0.2, 0.25) is 0 Å². The van der Waals surface area contributed by atoms with Gasteiger partial charge >= 0.3 is 14.8 Å². The largest absolute Gasteiger partial charge is 1.00 e. The van der Waals surface area contributed by atoms with E-state index in [0.717, 1.165) is 0 Å². The maximum atomic E-state index is 9.79. The van der Waals surface area contributed by atoms with Gasteiger partial charge in [-0.2, -0.15) is 0 Å². The number of hydrogen-bond donors (Lipinski definition) is 2. The lowest BCUT2D eigenvalue weighted by Crippen LogP contribution is -1.98. The van der Waals surface area contributed by atoms with Gasteiger partial charge < -0.3 is 10.2 Å². The van der Waals surface area contributed by atoms with Crippen molar-refractivity contribution in [3.05, 3.63) is 0 Å². The van der Waals surface area contributed by atoms with E-state index in [4.69, 9.17) is 10.2 Å². The molecule has 0 amide bonds. The summed E-state index contributed by atoms with van der Waals surface area (Å²) >= 11 is 0. The third kappa shape index (κ3) is 6.94. The highest BCUT2D eigenvalue weighted by atomic mass is 16.4. The van der Waals surface area contributed by atoms with E-state index < -0.39 is 11.9 Å². The summed E-state index contributed by atoms with van der Waals surface area (Å²) in [4.78, 5) is 19.6. The fourth-order valence-electron chi connectivity index (χ4n) is 0.391. The molecule has 2 N–H and O–H groups in total. The van der Waals surface area contributed by atoms with Crippen molar-refractivity contribution in [3.63, 3.8) is 0 Å². The molecular formula is C5H10O4+2. The van der Waals surface area contributed by atoms with Gasteiger partial charge in [-0.15, -0.1) is 0 Å². The van der Waals surface area contributed by atoms with Crippen LogP contribution >= 0.6 is 0 Å². The summed E-state index contributed by atoms with van der Waals surface area (Å²) in [5.41, 5.74) is 0. The second-order valence-electron chi connectivity index (χ2n) is 1.64. The van der Waals surface area contributed by atoms with Crippen molar-refractivity contribution in [3.8, 4) is 0 Å². The van der Waals surface area contributed by atoms with E-state index in [2.05, 4.69) is 0 Å². The molecule has 0 spiro atoms. The standard InChI is InChI=1S/C5H8O4/c6-4(7)2-1-3-5(8)9/h1-3H2,(H,6,7)(H,8,9)/p+2. The van der Waals surface area contributed by atoms with Crippen LogP contribution in [0, 0.1) is 0 Å². The zero-order valence-corrected chi connectivity index (χ0v) is 4.83. The Labute approximate surface area is 55.1 Å². The van der Waals surface area contributed by atoms with E-state index in [0.29, 0.717) is 0 Å². The third-order valence-electron chi connectivity index (χ3n) is 0.781. The molecule has 0 aromatic heterocycles. The Kier molecular flexibility index (Phi) is 3.43. The fourth-order valence-corrected chi connectivity index (χ4v) is 0.391. The van der Waals surface area contributed by atoms with Gasteiger partial charge in [0.05, 0.1) is 0 Å². The summed E-state index contributed by atoms with van der Waals surface area (Å²) in [6.07, 6.45) is 0.0866. The van der Waals surface area contributed by atoms with Gasteiger partial charge in [0.15, 0.2) is 0 Å². The zero-order valence-electron chi connectivity index (χ0n) is 6.83. The molecule has 4 heteroatoms. The minimum Gasteiger partial charge on any atom is -0.481 e. The van der Waals surface area contributed by atoms with Crippen LogP contribution in [0.25, 0.3) is 0 Å². The lowest BCUT2D eigenvalue weighted by Gasteiger charge is -1.89. The first-order valence-electron chi connectivity index (χ1n) is 2.56. The van der Waals surface area contributed by atoms with Gasteiger partial charge in [-0.25, -0.2) is 0 Å². The number of carboxylic acid groups (broad SMARTS) is 2. The highest BCUT2D eigenvalue weighted by molar-refractivity contribution is 5.69. The molecule has 0 saturated carbocycles. The van der Waals surface area contributed by atoms with Crippen LogP contribution in [-0.2, 0) is 9.59 Å². The molecule has 0 unspecified atom stereocenters. The van der Waals surface area contributed by atoms with Crippen molar-refractivity contribution >= 4 is 11.9 Å². The normalized spacial score (nSPS) is 8.89. The molecular weight excluding hydrogens is 124 g/mol. The molecule has 52 valence electrons. The maximum Gasteiger partial charge on any atom is 1.00 e. The van der Waals surface area contributed by atoms with Gasteiger partial charge in [-0.05, 0) is 6.42 Å². The molecule has 0 aromatic rings. The summed E-state index contributed by atoms with van der Waals surface area (Å²) in [5.74, 6) is -1.90. The van der Waals surface area contributed by atoms with Crippen molar-refractivity contribution in [2.75, 3.05) is 0 Å². The average Bonchev–Trinajstić information content (AvgIpc) is 1.63. The Bertz CT molecular complexity index is 112. The SMILES string of the molecule is O=C(O)CCCC(=O)O.[H+].[H+]. The van der Waals surface area contributed by atoms with E-state index >= 15 is 0 Å². The van der Waals surface area contributed by atoms with Crippen molar-refractivity contribution in [1.29, 1.82) is 0 Å². The first-order chi connectivity index (χ1) is 4.13. The minimum absolute atomic E-state index is 0. The summed E-state index contributed by atoms with van der Waals surface area (Å²) in [7, 11) is 0. The smallest absolute Gasteiger partial charge is 0.481 e. The number of carbonyl (C=O) groups is 2. The van der Waals surface area contributed by atoms with Gasteiger partial charge in [0.1, 0.15) is 0 Å². The average molecular weight is 134 g/mol. The highest BCUT2D eigenvalue weighted by Gasteiger charge is 1.99. The molecule has 0 aliphatic carbocycles. The second kappa shape index (κ2) is 3.88. The molecule has 0 aromatic carbocycles. The zero-order chi connectivity index (χ0) is 7.28. The van der Waals surface area contributed by atoms with Crippen molar-refractivity contribution in [1.82, 2.24) is 0 Å². The Hall–Kier alpha value is -1.06. The Morgan fingerprint density at radius 3 is 1.67 bits per heavy atom. The maximum absolute atomic E-state index is 9.79. The van der Waals surface area contributed by atoms with Crippen LogP contribution in [-0.4, -0.2) is 22.2 Å². The molecule has 9 heavy (non-hydrogen) atoms. The number of hydrogen-bond acceptors (Lipinski definition) is 2. The Morgan fingerprint density at radius 2 is 1.44 bits per heavy atom.